The molecular formula is C14H21N3O2. The summed E-state index contributed by atoms with van der Waals surface area (Å²) in [6.45, 7) is 1.70. The van der Waals surface area contributed by atoms with Crippen LogP contribution in [0.3, 0.4) is 0 Å². The van der Waals surface area contributed by atoms with E-state index in [1.165, 1.54) is 0 Å². The van der Waals surface area contributed by atoms with Crippen molar-refractivity contribution in [3.05, 3.63) is 30.0 Å². The van der Waals surface area contributed by atoms with E-state index in [-0.39, 0.29) is 6.04 Å². The second-order valence-electron chi connectivity index (χ2n) is 4.62. The van der Waals surface area contributed by atoms with Crippen molar-refractivity contribution in [3.63, 3.8) is 0 Å². The number of fused-ring (bicyclic) bond motifs is 1. The molecule has 0 saturated carbocycles. The van der Waals surface area contributed by atoms with E-state index in [1.54, 1.807) is 7.11 Å². The van der Waals surface area contributed by atoms with Gasteiger partial charge in [-0.25, -0.2) is 0 Å². The van der Waals surface area contributed by atoms with E-state index in [0.717, 1.165) is 16.6 Å². The molecule has 0 bridgehead atoms. The monoisotopic (exact) mass is 263 g/mol. The molecule has 1 atom stereocenters. The normalized spacial score (nSPS) is 13.0. The molecule has 1 aromatic heterocycles. The standard InChI is InChI=1S/C14H21N3O2/c1-17-14-6-4-3-5-12(14)13(16-17)9-11(15)10-19-8-7-18-2/h3-6,11H,7-10,15H2,1-2H3. The van der Waals surface area contributed by atoms with Gasteiger partial charge in [-0.3, -0.25) is 4.68 Å². The fraction of sp³-hybridized carbons (Fsp3) is 0.500. The van der Waals surface area contributed by atoms with Gasteiger partial charge in [-0.2, -0.15) is 5.10 Å². The van der Waals surface area contributed by atoms with Crippen molar-refractivity contribution in [1.82, 2.24) is 9.78 Å². The lowest BCUT2D eigenvalue weighted by molar-refractivity contribution is 0.0636. The molecule has 2 rings (SSSR count). The van der Waals surface area contributed by atoms with Gasteiger partial charge < -0.3 is 15.2 Å². The Morgan fingerprint density at radius 1 is 1.32 bits per heavy atom. The quantitative estimate of drug-likeness (QED) is 0.760. The second kappa shape index (κ2) is 6.65. The van der Waals surface area contributed by atoms with Gasteiger partial charge in [0.15, 0.2) is 0 Å². The third kappa shape index (κ3) is 3.53. The number of aromatic nitrogens is 2. The predicted molar refractivity (Wildman–Crippen MR) is 75.1 cm³/mol. The zero-order valence-corrected chi connectivity index (χ0v) is 11.5. The number of ether oxygens (including phenoxy) is 2. The van der Waals surface area contributed by atoms with Gasteiger partial charge in [0, 0.05) is 32.0 Å². The number of hydrogen-bond donors (Lipinski definition) is 1. The highest BCUT2D eigenvalue weighted by Gasteiger charge is 2.12. The zero-order valence-electron chi connectivity index (χ0n) is 11.5. The van der Waals surface area contributed by atoms with Crippen LogP contribution in [0.2, 0.25) is 0 Å². The number of para-hydroxylation sites is 1. The van der Waals surface area contributed by atoms with Crippen molar-refractivity contribution in [2.24, 2.45) is 12.8 Å². The molecule has 2 N–H and O–H groups in total. The summed E-state index contributed by atoms with van der Waals surface area (Å²) in [7, 11) is 3.61. The largest absolute Gasteiger partial charge is 0.382 e. The Labute approximate surface area is 113 Å². The van der Waals surface area contributed by atoms with Crippen LogP contribution in [0.15, 0.2) is 24.3 Å². The lowest BCUT2D eigenvalue weighted by Gasteiger charge is -2.10. The van der Waals surface area contributed by atoms with Crippen molar-refractivity contribution in [3.8, 4) is 0 Å². The number of rotatable bonds is 7. The summed E-state index contributed by atoms with van der Waals surface area (Å²) < 4.78 is 12.3. The van der Waals surface area contributed by atoms with Crippen LogP contribution in [-0.4, -0.2) is 42.8 Å². The minimum absolute atomic E-state index is 0.0461. The number of benzene rings is 1. The Morgan fingerprint density at radius 2 is 2.11 bits per heavy atom. The molecular weight excluding hydrogens is 242 g/mol. The van der Waals surface area contributed by atoms with Crippen LogP contribution in [0.25, 0.3) is 10.9 Å². The first kappa shape index (κ1) is 14.0. The van der Waals surface area contributed by atoms with Gasteiger partial charge in [-0.1, -0.05) is 18.2 Å². The van der Waals surface area contributed by atoms with Gasteiger partial charge in [0.25, 0.3) is 0 Å². The maximum Gasteiger partial charge on any atom is 0.0719 e. The molecule has 0 amide bonds. The van der Waals surface area contributed by atoms with Gasteiger partial charge in [0.1, 0.15) is 0 Å². The number of aryl methyl sites for hydroxylation is 1. The SMILES string of the molecule is COCCOCC(N)Cc1nn(C)c2ccccc12. The zero-order chi connectivity index (χ0) is 13.7. The van der Waals surface area contributed by atoms with Gasteiger partial charge in [-0.05, 0) is 6.07 Å². The first-order valence-corrected chi connectivity index (χ1v) is 6.45. The topological polar surface area (TPSA) is 62.3 Å². The average molecular weight is 263 g/mol. The molecule has 0 radical (unpaired) electrons. The number of hydrogen-bond acceptors (Lipinski definition) is 4. The molecule has 0 aliphatic rings. The van der Waals surface area contributed by atoms with Crippen LogP contribution in [0.5, 0.6) is 0 Å². The highest BCUT2D eigenvalue weighted by Crippen LogP contribution is 2.18. The predicted octanol–water partition coefficient (Wildman–Crippen LogP) is 1.11. The van der Waals surface area contributed by atoms with Gasteiger partial charge in [0.2, 0.25) is 0 Å². The summed E-state index contributed by atoms with van der Waals surface area (Å²) in [5.41, 5.74) is 8.23. The van der Waals surface area contributed by atoms with Crippen LogP contribution >= 0.6 is 0 Å². The lowest BCUT2D eigenvalue weighted by atomic mass is 10.1. The summed E-state index contributed by atoms with van der Waals surface area (Å²) in [4.78, 5) is 0. The van der Waals surface area contributed by atoms with Gasteiger partial charge in [-0.15, -0.1) is 0 Å². The Morgan fingerprint density at radius 3 is 2.89 bits per heavy atom. The summed E-state index contributed by atoms with van der Waals surface area (Å²) in [6, 6.07) is 8.13. The number of methoxy groups -OCH3 is 1. The van der Waals surface area contributed by atoms with Crippen LogP contribution in [-0.2, 0) is 22.9 Å². The van der Waals surface area contributed by atoms with Crippen molar-refractivity contribution in [2.75, 3.05) is 26.9 Å². The van der Waals surface area contributed by atoms with Gasteiger partial charge in [0.05, 0.1) is 31.0 Å². The molecule has 1 heterocycles. The fourth-order valence-corrected chi connectivity index (χ4v) is 2.12. The summed E-state index contributed by atoms with van der Waals surface area (Å²) >= 11 is 0. The molecule has 19 heavy (non-hydrogen) atoms. The van der Waals surface area contributed by atoms with E-state index in [0.29, 0.717) is 26.2 Å². The van der Waals surface area contributed by atoms with Crippen molar-refractivity contribution in [2.45, 2.75) is 12.5 Å². The molecule has 1 unspecified atom stereocenters. The number of nitrogens with two attached hydrogens (primary N) is 1. The molecule has 0 aliphatic carbocycles. The van der Waals surface area contributed by atoms with E-state index in [4.69, 9.17) is 15.2 Å². The molecule has 2 aromatic rings. The fourth-order valence-electron chi connectivity index (χ4n) is 2.12. The Kier molecular flexibility index (Phi) is 4.90. The second-order valence-corrected chi connectivity index (χ2v) is 4.62. The van der Waals surface area contributed by atoms with Gasteiger partial charge >= 0.3 is 0 Å². The minimum Gasteiger partial charge on any atom is -0.382 e. The maximum atomic E-state index is 6.07. The van der Waals surface area contributed by atoms with Crippen LogP contribution < -0.4 is 5.73 Å². The van der Waals surface area contributed by atoms with E-state index < -0.39 is 0 Å². The molecule has 1 aromatic carbocycles. The molecule has 0 fully saturated rings. The van der Waals surface area contributed by atoms with Crippen molar-refractivity contribution < 1.29 is 9.47 Å². The van der Waals surface area contributed by atoms with Crippen LogP contribution in [0.4, 0.5) is 0 Å². The highest BCUT2D eigenvalue weighted by molar-refractivity contribution is 5.81. The minimum atomic E-state index is -0.0461. The first-order valence-electron chi connectivity index (χ1n) is 6.45. The lowest BCUT2D eigenvalue weighted by Crippen LogP contribution is -2.29. The Balaban J connectivity index is 1.97. The first-order chi connectivity index (χ1) is 9.22. The maximum absolute atomic E-state index is 6.07. The molecule has 5 nitrogen and oxygen atoms in total. The third-order valence-corrected chi connectivity index (χ3v) is 3.05. The van der Waals surface area contributed by atoms with Crippen LogP contribution in [0.1, 0.15) is 5.69 Å². The molecule has 5 heteroatoms. The Bertz CT molecular complexity index is 524. The highest BCUT2D eigenvalue weighted by atomic mass is 16.5. The molecule has 0 aliphatic heterocycles. The van der Waals surface area contributed by atoms with E-state index in [1.807, 2.05) is 23.9 Å². The molecule has 0 spiro atoms. The number of nitrogens with zero attached hydrogens (tertiary/aromatic N) is 2. The van der Waals surface area contributed by atoms with E-state index in [9.17, 15) is 0 Å². The average Bonchev–Trinajstić information content (AvgIpc) is 2.72. The summed E-state index contributed by atoms with van der Waals surface area (Å²) in [6.07, 6.45) is 0.717. The van der Waals surface area contributed by atoms with E-state index >= 15 is 0 Å². The summed E-state index contributed by atoms with van der Waals surface area (Å²) in [5, 5.41) is 5.69. The van der Waals surface area contributed by atoms with Crippen LogP contribution in [0, 0.1) is 0 Å². The summed E-state index contributed by atoms with van der Waals surface area (Å²) in [5.74, 6) is 0. The third-order valence-electron chi connectivity index (χ3n) is 3.05. The van der Waals surface area contributed by atoms with Crippen molar-refractivity contribution >= 4 is 10.9 Å². The molecule has 104 valence electrons. The smallest absolute Gasteiger partial charge is 0.0719 e. The van der Waals surface area contributed by atoms with E-state index in [2.05, 4.69) is 17.2 Å². The molecule has 0 saturated heterocycles. The Hall–Kier alpha value is -1.43. The van der Waals surface area contributed by atoms with Crippen molar-refractivity contribution in [1.29, 1.82) is 0 Å².